The van der Waals surface area contributed by atoms with E-state index in [1.54, 1.807) is 0 Å². The van der Waals surface area contributed by atoms with Gasteiger partial charge in [-0.3, -0.25) is 4.79 Å². The maximum absolute atomic E-state index is 12.4. The lowest BCUT2D eigenvalue weighted by atomic mass is 9.91. The Bertz CT molecular complexity index is 398. The summed E-state index contributed by atoms with van der Waals surface area (Å²) >= 11 is 0. The molecule has 0 bridgehead atoms. The summed E-state index contributed by atoms with van der Waals surface area (Å²) < 4.78 is 5.99. The zero-order valence-electron chi connectivity index (χ0n) is 11.4. The molecule has 1 aromatic carbocycles. The molecule has 0 amide bonds. The van der Waals surface area contributed by atoms with Gasteiger partial charge in [-0.2, -0.15) is 0 Å². The molecule has 2 heteroatoms. The molecule has 0 fully saturated rings. The average Bonchev–Trinajstić information content (AvgIpc) is 2.76. The highest BCUT2D eigenvalue weighted by molar-refractivity contribution is 5.89. The van der Waals surface area contributed by atoms with Crippen LogP contribution in [0.2, 0.25) is 0 Å². The predicted molar refractivity (Wildman–Crippen MR) is 72.7 cm³/mol. The first-order valence-corrected chi connectivity index (χ1v) is 6.96. The van der Waals surface area contributed by atoms with Crippen molar-refractivity contribution in [2.24, 2.45) is 0 Å². The zero-order valence-corrected chi connectivity index (χ0v) is 11.4. The van der Waals surface area contributed by atoms with Crippen LogP contribution in [0, 0.1) is 0 Å². The van der Waals surface area contributed by atoms with Crippen LogP contribution >= 0.6 is 0 Å². The van der Waals surface area contributed by atoms with Crippen LogP contribution < -0.4 is 0 Å². The lowest BCUT2D eigenvalue weighted by Crippen LogP contribution is -2.42. The topological polar surface area (TPSA) is 26.3 Å². The van der Waals surface area contributed by atoms with Gasteiger partial charge in [0.1, 0.15) is 5.60 Å². The van der Waals surface area contributed by atoms with Crippen LogP contribution in [0.4, 0.5) is 0 Å². The van der Waals surface area contributed by atoms with Crippen molar-refractivity contribution < 1.29 is 9.53 Å². The Kier molecular flexibility index (Phi) is 4.18. The number of ketones is 1. The van der Waals surface area contributed by atoms with E-state index in [9.17, 15) is 4.79 Å². The third kappa shape index (κ3) is 2.49. The van der Waals surface area contributed by atoms with Gasteiger partial charge in [0.25, 0.3) is 0 Å². The van der Waals surface area contributed by atoms with E-state index in [-0.39, 0.29) is 5.78 Å². The van der Waals surface area contributed by atoms with Crippen LogP contribution in [0.15, 0.2) is 24.3 Å². The Hall–Kier alpha value is -1.15. The Balaban J connectivity index is 2.21. The van der Waals surface area contributed by atoms with Crippen molar-refractivity contribution in [3.8, 4) is 0 Å². The first-order chi connectivity index (χ1) is 8.72. The molecule has 0 unspecified atom stereocenters. The summed E-state index contributed by atoms with van der Waals surface area (Å²) in [5, 5.41) is 0. The molecule has 0 aromatic heterocycles. The van der Waals surface area contributed by atoms with E-state index in [2.05, 4.69) is 19.1 Å². The summed E-state index contributed by atoms with van der Waals surface area (Å²) in [6.07, 6.45) is 3.98. The third-order valence-corrected chi connectivity index (χ3v) is 3.64. The van der Waals surface area contributed by atoms with Crippen LogP contribution in [-0.2, 0) is 22.4 Å². The van der Waals surface area contributed by atoms with Crippen LogP contribution in [0.1, 0.15) is 44.2 Å². The SMILES string of the molecule is CCCOC1(C(=O)CCC)Cc2ccccc2C1. The van der Waals surface area contributed by atoms with Crippen molar-refractivity contribution in [3.63, 3.8) is 0 Å². The van der Waals surface area contributed by atoms with Gasteiger partial charge in [-0.05, 0) is 24.0 Å². The van der Waals surface area contributed by atoms with Gasteiger partial charge >= 0.3 is 0 Å². The lowest BCUT2D eigenvalue weighted by Gasteiger charge is -2.27. The summed E-state index contributed by atoms with van der Waals surface area (Å²) in [6, 6.07) is 8.31. The molecule has 0 heterocycles. The quantitative estimate of drug-likeness (QED) is 0.769. The number of carbonyl (C=O) groups excluding carboxylic acids is 1. The fourth-order valence-corrected chi connectivity index (χ4v) is 2.71. The van der Waals surface area contributed by atoms with Gasteiger partial charge in [-0.25, -0.2) is 0 Å². The molecule has 1 aliphatic rings. The highest BCUT2D eigenvalue weighted by Crippen LogP contribution is 2.34. The molecule has 0 N–H and O–H groups in total. The predicted octanol–water partition coefficient (Wildman–Crippen LogP) is 3.32. The van der Waals surface area contributed by atoms with Crippen molar-refractivity contribution >= 4 is 5.78 Å². The van der Waals surface area contributed by atoms with Gasteiger partial charge in [-0.1, -0.05) is 38.1 Å². The second-order valence-corrected chi connectivity index (χ2v) is 5.14. The maximum atomic E-state index is 12.4. The molecular weight excluding hydrogens is 224 g/mol. The van der Waals surface area contributed by atoms with Crippen molar-refractivity contribution in [2.75, 3.05) is 6.61 Å². The Morgan fingerprint density at radius 1 is 1.17 bits per heavy atom. The van der Waals surface area contributed by atoms with E-state index >= 15 is 0 Å². The second-order valence-electron chi connectivity index (χ2n) is 5.14. The molecule has 0 radical (unpaired) electrons. The van der Waals surface area contributed by atoms with E-state index < -0.39 is 5.60 Å². The highest BCUT2D eigenvalue weighted by Gasteiger charge is 2.43. The van der Waals surface area contributed by atoms with Gasteiger partial charge in [0.2, 0.25) is 0 Å². The minimum Gasteiger partial charge on any atom is -0.367 e. The van der Waals surface area contributed by atoms with Crippen LogP contribution in [0.25, 0.3) is 0 Å². The molecule has 98 valence electrons. The van der Waals surface area contributed by atoms with Crippen molar-refractivity contribution in [1.29, 1.82) is 0 Å². The smallest absolute Gasteiger partial charge is 0.165 e. The standard InChI is InChI=1S/C16H22O2/c1-3-7-15(17)16(18-10-4-2)11-13-8-5-6-9-14(13)12-16/h5-6,8-9H,3-4,7,10-12H2,1-2H3. The van der Waals surface area contributed by atoms with Crippen LogP contribution in [0.3, 0.4) is 0 Å². The number of Topliss-reactive ketones (excluding diaryl/α,β-unsaturated/α-hetero) is 1. The molecule has 0 spiro atoms. The summed E-state index contributed by atoms with van der Waals surface area (Å²) in [5.74, 6) is 0.273. The van der Waals surface area contributed by atoms with Crippen molar-refractivity contribution in [2.45, 2.75) is 51.6 Å². The van der Waals surface area contributed by atoms with Crippen LogP contribution in [0.5, 0.6) is 0 Å². The van der Waals surface area contributed by atoms with Gasteiger partial charge in [-0.15, -0.1) is 0 Å². The van der Waals surface area contributed by atoms with E-state index in [1.807, 2.05) is 19.1 Å². The van der Waals surface area contributed by atoms with E-state index in [0.717, 1.165) is 25.7 Å². The molecule has 0 aliphatic heterocycles. The fourth-order valence-electron chi connectivity index (χ4n) is 2.71. The first kappa shape index (κ1) is 13.3. The molecular formula is C16H22O2. The monoisotopic (exact) mass is 246 g/mol. The number of ether oxygens (including phenoxy) is 1. The van der Waals surface area contributed by atoms with Gasteiger partial charge in [0.05, 0.1) is 0 Å². The second kappa shape index (κ2) is 5.66. The minimum absolute atomic E-state index is 0.273. The molecule has 0 saturated heterocycles. The molecule has 2 nitrogen and oxygen atoms in total. The van der Waals surface area contributed by atoms with Gasteiger partial charge in [0.15, 0.2) is 5.78 Å². The summed E-state index contributed by atoms with van der Waals surface area (Å²) in [6.45, 7) is 4.80. The lowest BCUT2D eigenvalue weighted by molar-refractivity contribution is -0.143. The highest BCUT2D eigenvalue weighted by atomic mass is 16.5. The van der Waals surface area contributed by atoms with Crippen molar-refractivity contribution in [3.05, 3.63) is 35.4 Å². The summed E-state index contributed by atoms with van der Waals surface area (Å²) in [5.41, 5.74) is 1.98. The molecule has 0 saturated carbocycles. The molecule has 1 aromatic rings. The molecule has 0 atom stereocenters. The average molecular weight is 246 g/mol. The first-order valence-electron chi connectivity index (χ1n) is 6.96. The largest absolute Gasteiger partial charge is 0.367 e. The molecule has 2 rings (SSSR count). The van der Waals surface area contributed by atoms with Crippen LogP contribution in [-0.4, -0.2) is 18.0 Å². The normalized spacial score (nSPS) is 16.6. The minimum atomic E-state index is -0.574. The Labute approximate surface area is 109 Å². The molecule has 18 heavy (non-hydrogen) atoms. The summed E-state index contributed by atoms with van der Waals surface area (Å²) in [4.78, 5) is 12.4. The fraction of sp³-hybridized carbons (Fsp3) is 0.562. The number of hydrogen-bond donors (Lipinski definition) is 0. The zero-order chi connectivity index (χ0) is 13.0. The number of hydrogen-bond acceptors (Lipinski definition) is 2. The van der Waals surface area contributed by atoms with E-state index in [4.69, 9.17) is 4.74 Å². The van der Waals surface area contributed by atoms with E-state index in [1.165, 1.54) is 11.1 Å². The number of fused-ring (bicyclic) bond motifs is 1. The maximum Gasteiger partial charge on any atom is 0.165 e. The Morgan fingerprint density at radius 3 is 2.28 bits per heavy atom. The third-order valence-electron chi connectivity index (χ3n) is 3.64. The number of benzene rings is 1. The molecule has 1 aliphatic carbocycles. The Morgan fingerprint density at radius 2 is 1.78 bits per heavy atom. The van der Waals surface area contributed by atoms with E-state index in [0.29, 0.717) is 13.0 Å². The number of rotatable bonds is 6. The number of carbonyl (C=O) groups is 1. The van der Waals surface area contributed by atoms with Gasteiger partial charge < -0.3 is 4.74 Å². The summed E-state index contributed by atoms with van der Waals surface area (Å²) in [7, 11) is 0. The van der Waals surface area contributed by atoms with Gasteiger partial charge in [0, 0.05) is 25.9 Å². The van der Waals surface area contributed by atoms with Crippen molar-refractivity contribution in [1.82, 2.24) is 0 Å².